The summed E-state index contributed by atoms with van der Waals surface area (Å²) >= 11 is 0. The molecule has 0 aromatic carbocycles. The Hall–Kier alpha value is -1.92. The number of carbonyl (C=O) groups is 2. The van der Waals surface area contributed by atoms with Crippen molar-refractivity contribution in [2.45, 2.75) is 32.1 Å². The summed E-state index contributed by atoms with van der Waals surface area (Å²) in [5.74, 6) is -0.703. The third kappa shape index (κ3) is 3.79. The highest BCUT2D eigenvalue weighted by Crippen LogP contribution is 2.29. The zero-order valence-corrected chi connectivity index (χ0v) is 11.6. The van der Waals surface area contributed by atoms with E-state index in [1.807, 2.05) is 0 Å². The second-order valence-corrected chi connectivity index (χ2v) is 5.27. The van der Waals surface area contributed by atoms with E-state index in [0.29, 0.717) is 31.6 Å². The molecule has 7 nitrogen and oxygen atoms in total. The van der Waals surface area contributed by atoms with Gasteiger partial charge in [0.15, 0.2) is 5.82 Å². The Morgan fingerprint density at radius 3 is 2.85 bits per heavy atom. The van der Waals surface area contributed by atoms with Gasteiger partial charge in [0.1, 0.15) is 6.33 Å². The highest BCUT2D eigenvalue weighted by atomic mass is 16.4. The van der Waals surface area contributed by atoms with Crippen LogP contribution in [0.5, 0.6) is 0 Å². The predicted octanol–water partition coefficient (Wildman–Crippen LogP) is 0.365. The van der Waals surface area contributed by atoms with Crippen molar-refractivity contribution in [1.29, 1.82) is 0 Å². The molecule has 1 fully saturated rings. The number of amides is 1. The van der Waals surface area contributed by atoms with Crippen LogP contribution in [0.4, 0.5) is 0 Å². The molecule has 1 aromatic heterocycles. The largest absolute Gasteiger partial charge is 0.481 e. The van der Waals surface area contributed by atoms with Gasteiger partial charge in [0.2, 0.25) is 5.91 Å². The van der Waals surface area contributed by atoms with Crippen LogP contribution in [0.1, 0.15) is 31.5 Å². The van der Waals surface area contributed by atoms with E-state index in [1.54, 1.807) is 18.1 Å². The predicted molar refractivity (Wildman–Crippen MR) is 70.8 cm³/mol. The number of carboxylic acid groups (broad SMARTS) is 1. The molecule has 2 unspecified atom stereocenters. The monoisotopic (exact) mass is 280 g/mol. The molecule has 1 amide bonds. The van der Waals surface area contributed by atoms with E-state index < -0.39 is 5.97 Å². The number of nitrogens with zero attached hydrogens (tertiary/aromatic N) is 3. The summed E-state index contributed by atoms with van der Waals surface area (Å²) in [5.41, 5.74) is 0. The van der Waals surface area contributed by atoms with Crippen molar-refractivity contribution < 1.29 is 14.7 Å². The molecule has 1 aliphatic rings. The van der Waals surface area contributed by atoms with Crippen LogP contribution in [-0.2, 0) is 23.1 Å². The summed E-state index contributed by atoms with van der Waals surface area (Å²) in [6.45, 7) is 0.483. The standard InChI is InChI=1S/C13H20N4O3/c1-17-8-15-11(16-17)5-6-14-12(18)9-3-2-4-10(7-9)13(19)20/h8-10H,2-7H2,1H3,(H,14,18)(H,19,20). The Balaban J connectivity index is 1.75. The molecule has 110 valence electrons. The van der Waals surface area contributed by atoms with Crippen molar-refractivity contribution in [1.82, 2.24) is 20.1 Å². The maximum absolute atomic E-state index is 12.0. The Labute approximate surface area is 117 Å². The number of carboxylic acids is 1. The molecule has 7 heteroatoms. The van der Waals surface area contributed by atoms with Gasteiger partial charge in [-0.25, -0.2) is 4.98 Å². The van der Waals surface area contributed by atoms with Gasteiger partial charge in [-0.15, -0.1) is 0 Å². The molecule has 0 spiro atoms. The first kappa shape index (κ1) is 14.5. The van der Waals surface area contributed by atoms with Gasteiger partial charge in [-0.2, -0.15) is 5.10 Å². The van der Waals surface area contributed by atoms with E-state index in [1.165, 1.54) is 0 Å². The van der Waals surface area contributed by atoms with E-state index in [4.69, 9.17) is 5.11 Å². The zero-order chi connectivity index (χ0) is 14.5. The van der Waals surface area contributed by atoms with Gasteiger partial charge < -0.3 is 10.4 Å². The molecule has 2 N–H and O–H groups in total. The number of nitrogens with one attached hydrogen (secondary N) is 1. The van der Waals surface area contributed by atoms with Crippen LogP contribution in [0.15, 0.2) is 6.33 Å². The van der Waals surface area contributed by atoms with Crippen molar-refractivity contribution in [2.24, 2.45) is 18.9 Å². The van der Waals surface area contributed by atoms with Crippen LogP contribution < -0.4 is 5.32 Å². The highest BCUT2D eigenvalue weighted by molar-refractivity contribution is 5.80. The lowest BCUT2D eigenvalue weighted by molar-refractivity contribution is -0.144. The van der Waals surface area contributed by atoms with Crippen LogP contribution in [-0.4, -0.2) is 38.3 Å². The Kier molecular flexibility index (Phi) is 4.70. The molecule has 1 aliphatic carbocycles. The van der Waals surface area contributed by atoms with Gasteiger partial charge in [-0.05, 0) is 19.3 Å². The van der Waals surface area contributed by atoms with Gasteiger partial charge in [0.05, 0.1) is 5.92 Å². The second kappa shape index (κ2) is 6.49. The number of aryl methyl sites for hydroxylation is 1. The summed E-state index contributed by atoms with van der Waals surface area (Å²) < 4.78 is 1.62. The van der Waals surface area contributed by atoms with Gasteiger partial charge in [-0.1, -0.05) is 6.42 Å². The van der Waals surface area contributed by atoms with E-state index in [-0.39, 0.29) is 17.7 Å². The molecular weight excluding hydrogens is 260 g/mol. The molecule has 0 radical (unpaired) electrons. The Bertz CT molecular complexity index is 486. The summed E-state index contributed by atoms with van der Waals surface area (Å²) in [5, 5.41) is 16.0. The minimum absolute atomic E-state index is 0.0492. The van der Waals surface area contributed by atoms with Crippen LogP contribution in [0.3, 0.4) is 0 Å². The molecule has 1 aromatic rings. The van der Waals surface area contributed by atoms with E-state index >= 15 is 0 Å². The average Bonchev–Trinajstić information content (AvgIpc) is 2.84. The van der Waals surface area contributed by atoms with Crippen molar-refractivity contribution in [3.05, 3.63) is 12.2 Å². The quantitative estimate of drug-likeness (QED) is 0.812. The molecule has 2 atom stereocenters. The third-order valence-electron chi connectivity index (χ3n) is 3.69. The minimum atomic E-state index is -0.791. The fraction of sp³-hybridized carbons (Fsp3) is 0.692. The maximum Gasteiger partial charge on any atom is 0.306 e. The molecule has 0 saturated heterocycles. The van der Waals surface area contributed by atoms with Crippen LogP contribution in [0.25, 0.3) is 0 Å². The van der Waals surface area contributed by atoms with Crippen molar-refractivity contribution in [3.63, 3.8) is 0 Å². The summed E-state index contributed by atoms with van der Waals surface area (Å²) in [6, 6.07) is 0. The molecule has 0 aliphatic heterocycles. The lowest BCUT2D eigenvalue weighted by Gasteiger charge is -2.25. The summed E-state index contributed by atoms with van der Waals surface area (Å²) in [6.07, 6.45) is 4.91. The van der Waals surface area contributed by atoms with Gasteiger partial charge >= 0.3 is 5.97 Å². The number of rotatable bonds is 5. The van der Waals surface area contributed by atoms with E-state index in [2.05, 4.69) is 15.4 Å². The van der Waals surface area contributed by atoms with Crippen LogP contribution >= 0.6 is 0 Å². The number of aromatic nitrogens is 3. The average molecular weight is 280 g/mol. The molecule has 1 saturated carbocycles. The number of hydrogen-bond acceptors (Lipinski definition) is 4. The molecule has 0 bridgehead atoms. The lowest BCUT2D eigenvalue weighted by atomic mass is 9.81. The zero-order valence-electron chi connectivity index (χ0n) is 11.6. The van der Waals surface area contributed by atoms with Gasteiger partial charge in [-0.3, -0.25) is 14.3 Å². The SMILES string of the molecule is Cn1cnc(CCNC(=O)C2CCCC(C(=O)O)C2)n1. The Morgan fingerprint density at radius 2 is 2.20 bits per heavy atom. The van der Waals surface area contributed by atoms with E-state index in [0.717, 1.165) is 12.8 Å². The first-order valence-electron chi connectivity index (χ1n) is 6.91. The van der Waals surface area contributed by atoms with Crippen molar-refractivity contribution in [3.8, 4) is 0 Å². The first-order valence-corrected chi connectivity index (χ1v) is 6.91. The van der Waals surface area contributed by atoms with Crippen LogP contribution in [0, 0.1) is 11.8 Å². The second-order valence-electron chi connectivity index (χ2n) is 5.27. The normalized spacial score (nSPS) is 22.4. The lowest BCUT2D eigenvalue weighted by Crippen LogP contribution is -2.36. The van der Waals surface area contributed by atoms with E-state index in [9.17, 15) is 9.59 Å². The summed E-state index contributed by atoms with van der Waals surface area (Å²) in [4.78, 5) is 27.1. The number of carbonyl (C=O) groups excluding carboxylic acids is 1. The smallest absolute Gasteiger partial charge is 0.306 e. The summed E-state index contributed by atoms with van der Waals surface area (Å²) in [7, 11) is 1.79. The highest BCUT2D eigenvalue weighted by Gasteiger charge is 2.30. The fourth-order valence-electron chi connectivity index (χ4n) is 2.59. The molecule has 2 rings (SSSR count). The van der Waals surface area contributed by atoms with Gasteiger partial charge in [0.25, 0.3) is 0 Å². The third-order valence-corrected chi connectivity index (χ3v) is 3.69. The number of aliphatic carboxylic acids is 1. The Morgan fingerprint density at radius 1 is 1.45 bits per heavy atom. The fourth-order valence-corrected chi connectivity index (χ4v) is 2.59. The topological polar surface area (TPSA) is 97.1 Å². The minimum Gasteiger partial charge on any atom is -0.481 e. The molecular formula is C13H20N4O3. The van der Waals surface area contributed by atoms with Crippen molar-refractivity contribution in [2.75, 3.05) is 6.54 Å². The number of hydrogen-bond donors (Lipinski definition) is 2. The first-order chi connectivity index (χ1) is 9.56. The molecule has 1 heterocycles. The van der Waals surface area contributed by atoms with Gasteiger partial charge in [0, 0.05) is 25.9 Å². The van der Waals surface area contributed by atoms with Crippen LogP contribution in [0.2, 0.25) is 0 Å². The maximum atomic E-state index is 12.0. The molecule has 20 heavy (non-hydrogen) atoms. The van der Waals surface area contributed by atoms with Crippen molar-refractivity contribution >= 4 is 11.9 Å².